The van der Waals surface area contributed by atoms with E-state index < -0.39 is 86.8 Å². The number of nitrogens with one attached hydrogen (secondary N) is 1. The van der Waals surface area contributed by atoms with Crippen LogP contribution in [0.2, 0.25) is 0 Å². The maximum atomic E-state index is 13.2. The second-order valence-electron chi connectivity index (χ2n) is 20.4. The molecule has 68 heavy (non-hydrogen) atoms. The summed E-state index contributed by atoms with van der Waals surface area (Å²) >= 11 is 0. The maximum Gasteiger partial charge on any atom is 0.220 e. The second-order valence-corrected chi connectivity index (χ2v) is 20.4. The Morgan fingerprint density at radius 3 is 1.25 bits per heavy atom. The number of ether oxygens (including phenoxy) is 4. The van der Waals surface area contributed by atoms with E-state index in [4.69, 9.17) is 18.9 Å². The molecule has 0 aliphatic carbocycles. The smallest absolute Gasteiger partial charge is 0.220 e. The monoisotopic (exact) mass is 976 g/mol. The molecule has 14 heteroatoms. The van der Waals surface area contributed by atoms with Crippen molar-refractivity contribution >= 4 is 5.91 Å². The highest BCUT2D eigenvalue weighted by Crippen LogP contribution is 2.30. The van der Waals surface area contributed by atoms with Crippen LogP contribution in [0.1, 0.15) is 245 Å². The van der Waals surface area contributed by atoms with Crippen LogP contribution in [0.15, 0.2) is 0 Å². The third kappa shape index (κ3) is 27.7. The number of aliphatic hydroxyl groups excluding tert-OH is 8. The molecule has 404 valence electrons. The van der Waals surface area contributed by atoms with Crippen LogP contribution < -0.4 is 5.32 Å². The first-order valence-corrected chi connectivity index (χ1v) is 28.3. The third-order valence-corrected chi connectivity index (χ3v) is 14.3. The van der Waals surface area contributed by atoms with Gasteiger partial charge in [0.05, 0.1) is 32.0 Å². The van der Waals surface area contributed by atoms with Crippen molar-refractivity contribution in [3.05, 3.63) is 0 Å². The zero-order valence-corrected chi connectivity index (χ0v) is 43.1. The molecular formula is C54H105NO13. The maximum absolute atomic E-state index is 13.2. The van der Waals surface area contributed by atoms with Crippen LogP contribution in [0.4, 0.5) is 0 Å². The van der Waals surface area contributed by atoms with Crippen LogP contribution >= 0.6 is 0 Å². The van der Waals surface area contributed by atoms with E-state index in [2.05, 4.69) is 19.2 Å². The Hall–Kier alpha value is -1.01. The van der Waals surface area contributed by atoms with Gasteiger partial charge in [0.1, 0.15) is 48.8 Å². The van der Waals surface area contributed by atoms with Gasteiger partial charge in [-0.3, -0.25) is 4.79 Å². The minimum atomic E-state index is -1.78. The van der Waals surface area contributed by atoms with Gasteiger partial charge in [-0.15, -0.1) is 0 Å². The topological polar surface area (TPSA) is 228 Å². The van der Waals surface area contributed by atoms with E-state index in [1.165, 1.54) is 167 Å². The van der Waals surface area contributed by atoms with Crippen LogP contribution in [0.3, 0.4) is 0 Å². The average Bonchev–Trinajstić information content (AvgIpc) is 3.34. The number of hydrogen-bond donors (Lipinski definition) is 9. The van der Waals surface area contributed by atoms with Gasteiger partial charge in [0.25, 0.3) is 0 Å². The van der Waals surface area contributed by atoms with Gasteiger partial charge in [-0.05, 0) is 12.8 Å². The molecule has 9 N–H and O–H groups in total. The van der Waals surface area contributed by atoms with E-state index >= 15 is 0 Å². The van der Waals surface area contributed by atoms with Gasteiger partial charge in [0, 0.05) is 6.42 Å². The second kappa shape index (κ2) is 41.5. The standard InChI is InChI=1S/C54H105NO13/c1-3-5-7-9-11-13-15-16-17-18-19-20-21-22-23-24-25-26-27-28-30-32-34-36-38-46(59)55-42(43(58)37-35-33-31-29-14-12-10-8-6-4-2)41-65-53-51(64)49(62)52(45(40-57)67-53)68-54-50(63)48(61)47(60)44(39-56)66-54/h42-45,47-54,56-58,60-64H,3-41H2,1-2H3,(H,55,59). The molecule has 0 radical (unpaired) electrons. The van der Waals surface area contributed by atoms with Crippen molar-refractivity contribution < 1.29 is 64.6 Å². The fraction of sp³-hybridized carbons (Fsp3) is 0.981. The van der Waals surface area contributed by atoms with E-state index in [9.17, 15) is 45.6 Å². The number of carbonyl (C=O) groups is 1. The molecule has 2 aliphatic rings. The number of hydrogen-bond acceptors (Lipinski definition) is 13. The lowest BCUT2D eigenvalue weighted by Gasteiger charge is -2.46. The van der Waals surface area contributed by atoms with Crippen molar-refractivity contribution in [2.24, 2.45) is 0 Å². The first-order chi connectivity index (χ1) is 33.1. The Labute approximate surface area is 413 Å². The van der Waals surface area contributed by atoms with Crippen LogP contribution in [0, 0.1) is 0 Å². The fourth-order valence-corrected chi connectivity index (χ4v) is 9.71. The molecule has 2 saturated heterocycles. The molecule has 12 atom stereocenters. The summed E-state index contributed by atoms with van der Waals surface area (Å²) in [6, 6.07) is -0.820. The van der Waals surface area contributed by atoms with Crippen LogP contribution in [-0.4, -0.2) is 140 Å². The summed E-state index contributed by atoms with van der Waals surface area (Å²) in [6.45, 7) is 2.86. The lowest BCUT2D eigenvalue weighted by Crippen LogP contribution is -2.65. The number of amides is 1. The van der Waals surface area contributed by atoms with Crippen molar-refractivity contribution in [3.63, 3.8) is 0 Å². The number of aliphatic hydroxyl groups is 8. The summed E-state index contributed by atoms with van der Waals surface area (Å²) in [6.07, 6.45) is 27.0. The third-order valence-electron chi connectivity index (χ3n) is 14.3. The zero-order valence-electron chi connectivity index (χ0n) is 43.1. The van der Waals surface area contributed by atoms with Crippen molar-refractivity contribution in [2.45, 2.75) is 319 Å². The molecule has 0 bridgehead atoms. The summed E-state index contributed by atoms with van der Waals surface area (Å²) in [5, 5.41) is 86.9. The van der Waals surface area contributed by atoms with Gasteiger partial charge in [0.15, 0.2) is 12.6 Å². The SMILES string of the molecule is CCCCCCCCCCCCCCCCCCCCCCCCCCC(=O)NC(COC1OC(CO)C(OC2OC(CO)C(O)C(O)C2O)C(O)C1O)C(O)CCCCCCCCCCCC. The Kier molecular flexibility index (Phi) is 38.5. The largest absolute Gasteiger partial charge is 0.394 e. The minimum Gasteiger partial charge on any atom is -0.394 e. The van der Waals surface area contributed by atoms with Crippen molar-refractivity contribution in [3.8, 4) is 0 Å². The van der Waals surface area contributed by atoms with E-state index in [0.717, 1.165) is 51.4 Å². The highest BCUT2D eigenvalue weighted by Gasteiger charge is 2.51. The van der Waals surface area contributed by atoms with Gasteiger partial charge in [-0.25, -0.2) is 0 Å². The lowest BCUT2D eigenvalue weighted by atomic mass is 9.97. The van der Waals surface area contributed by atoms with Crippen molar-refractivity contribution in [1.29, 1.82) is 0 Å². The fourth-order valence-electron chi connectivity index (χ4n) is 9.71. The Morgan fingerprint density at radius 1 is 0.471 bits per heavy atom. The highest BCUT2D eigenvalue weighted by atomic mass is 16.7. The van der Waals surface area contributed by atoms with Crippen molar-refractivity contribution in [1.82, 2.24) is 5.32 Å². The molecule has 0 spiro atoms. The lowest BCUT2D eigenvalue weighted by molar-refractivity contribution is -0.359. The van der Waals surface area contributed by atoms with Crippen LogP contribution in [-0.2, 0) is 23.7 Å². The Morgan fingerprint density at radius 2 is 0.838 bits per heavy atom. The molecule has 12 unspecified atom stereocenters. The first kappa shape index (κ1) is 63.1. The molecule has 1 amide bonds. The van der Waals surface area contributed by atoms with Crippen LogP contribution in [0.25, 0.3) is 0 Å². The van der Waals surface area contributed by atoms with Gasteiger partial charge < -0.3 is 65.1 Å². The summed E-state index contributed by atoms with van der Waals surface area (Å²) in [5.41, 5.74) is 0. The summed E-state index contributed by atoms with van der Waals surface area (Å²) in [7, 11) is 0. The predicted molar refractivity (Wildman–Crippen MR) is 268 cm³/mol. The molecule has 14 nitrogen and oxygen atoms in total. The Balaban J connectivity index is 1.70. The first-order valence-electron chi connectivity index (χ1n) is 28.3. The molecule has 0 aromatic heterocycles. The molecule has 0 saturated carbocycles. The summed E-state index contributed by atoms with van der Waals surface area (Å²) < 4.78 is 22.8. The molecule has 2 aliphatic heterocycles. The molecule has 2 fully saturated rings. The van der Waals surface area contributed by atoms with E-state index in [0.29, 0.717) is 12.8 Å². The number of carbonyl (C=O) groups excluding carboxylic acids is 1. The van der Waals surface area contributed by atoms with E-state index in [-0.39, 0.29) is 12.5 Å². The minimum absolute atomic E-state index is 0.203. The summed E-state index contributed by atoms with van der Waals surface area (Å²) in [4.78, 5) is 13.2. The molecular weight excluding hydrogens is 871 g/mol. The van der Waals surface area contributed by atoms with Gasteiger partial charge >= 0.3 is 0 Å². The van der Waals surface area contributed by atoms with Gasteiger partial charge in [0.2, 0.25) is 5.91 Å². The quantitative estimate of drug-likeness (QED) is 0.0261. The average molecular weight is 976 g/mol. The normalized spacial score (nSPS) is 26.3. The van der Waals surface area contributed by atoms with Crippen LogP contribution in [0.5, 0.6) is 0 Å². The zero-order chi connectivity index (χ0) is 49.6. The summed E-state index contributed by atoms with van der Waals surface area (Å²) in [5.74, 6) is -0.203. The van der Waals surface area contributed by atoms with Gasteiger partial charge in [-0.1, -0.05) is 226 Å². The van der Waals surface area contributed by atoms with Crippen molar-refractivity contribution in [2.75, 3.05) is 19.8 Å². The molecule has 0 aromatic rings. The molecule has 2 heterocycles. The van der Waals surface area contributed by atoms with E-state index in [1.807, 2.05) is 0 Å². The number of rotatable bonds is 45. The molecule has 2 rings (SSSR count). The Bertz CT molecular complexity index is 1150. The molecule has 0 aromatic carbocycles. The predicted octanol–water partition coefficient (Wildman–Crippen LogP) is 8.56. The number of unbranched alkanes of at least 4 members (excludes halogenated alkanes) is 32. The highest BCUT2D eigenvalue weighted by molar-refractivity contribution is 5.76. The van der Waals surface area contributed by atoms with E-state index in [1.54, 1.807) is 0 Å². The van der Waals surface area contributed by atoms with Gasteiger partial charge in [-0.2, -0.15) is 0 Å².